The van der Waals surface area contributed by atoms with E-state index in [0.29, 0.717) is 11.7 Å². The summed E-state index contributed by atoms with van der Waals surface area (Å²) in [4.78, 5) is 11.7. The van der Waals surface area contributed by atoms with Crippen molar-refractivity contribution < 1.29 is 4.79 Å². The smallest absolute Gasteiger partial charge is 0.144 e. The van der Waals surface area contributed by atoms with Crippen molar-refractivity contribution >= 4 is 5.78 Å². The number of carbonyl (C=O) groups excluding carboxylic acids is 1. The summed E-state index contributed by atoms with van der Waals surface area (Å²) in [6, 6.07) is 0. The van der Waals surface area contributed by atoms with Gasteiger partial charge in [-0.05, 0) is 12.8 Å². The Morgan fingerprint density at radius 3 is 2.36 bits per heavy atom. The minimum atomic E-state index is 0.00505. The zero-order valence-corrected chi connectivity index (χ0v) is 7.02. The summed E-state index contributed by atoms with van der Waals surface area (Å²) >= 11 is 0. The summed E-state index contributed by atoms with van der Waals surface area (Å²) in [6.45, 7) is 3.90. The van der Waals surface area contributed by atoms with Crippen LogP contribution in [0.25, 0.3) is 0 Å². The normalized spacial score (nSPS) is 28.8. The lowest BCUT2D eigenvalue weighted by Crippen LogP contribution is -2.58. The number of Topliss-reactive ketones (excluding diaryl/α,β-unsaturated/α-hetero) is 1. The molecule has 1 heterocycles. The Labute approximate surface area is 67.4 Å². The molecule has 0 unspecified atom stereocenters. The van der Waals surface area contributed by atoms with Gasteiger partial charge >= 0.3 is 0 Å². The molecule has 2 rings (SSSR count). The molecule has 0 aromatic carbocycles. The molecular formula is C9H15NO. The highest BCUT2D eigenvalue weighted by atomic mass is 16.1. The predicted octanol–water partition coefficient (Wildman–Crippen LogP) is 0.965. The van der Waals surface area contributed by atoms with Crippen molar-refractivity contribution in [3.05, 3.63) is 0 Å². The molecule has 11 heavy (non-hydrogen) atoms. The standard InChI is InChI=1S/C9H15NO/c1-9(5-10-6-9)8(11)7-3-2-4-7/h7,10H,2-6H2,1H3. The zero-order chi connectivity index (χ0) is 7.90. The Balaban J connectivity index is 1.97. The quantitative estimate of drug-likeness (QED) is 0.640. The van der Waals surface area contributed by atoms with E-state index in [1.54, 1.807) is 0 Å². The Hall–Kier alpha value is -0.370. The van der Waals surface area contributed by atoms with Gasteiger partial charge in [-0.1, -0.05) is 13.3 Å². The van der Waals surface area contributed by atoms with Crippen molar-refractivity contribution in [1.82, 2.24) is 5.32 Å². The third kappa shape index (κ3) is 1.00. The Morgan fingerprint density at radius 1 is 1.45 bits per heavy atom. The van der Waals surface area contributed by atoms with Gasteiger partial charge in [0.2, 0.25) is 0 Å². The summed E-state index contributed by atoms with van der Waals surface area (Å²) in [6.07, 6.45) is 3.56. The van der Waals surface area contributed by atoms with E-state index < -0.39 is 0 Å². The maximum Gasteiger partial charge on any atom is 0.144 e. The van der Waals surface area contributed by atoms with E-state index in [0.717, 1.165) is 25.9 Å². The highest BCUT2D eigenvalue weighted by Gasteiger charge is 2.43. The van der Waals surface area contributed by atoms with E-state index in [-0.39, 0.29) is 5.41 Å². The molecule has 1 saturated heterocycles. The molecule has 2 heteroatoms. The first-order valence-electron chi connectivity index (χ1n) is 4.47. The van der Waals surface area contributed by atoms with E-state index in [1.807, 2.05) is 0 Å². The van der Waals surface area contributed by atoms with Gasteiger partial charge in [-0.25, -0.2) is 0 Å². The summed E-state index contributed by atoms with van der Waals surface area (Å²) < 4.78 is 0. The van der Waals surface area contributed by atoms with Gasteiger partial charge in [0.25, 0.3) is 0 Å². The molecule has 0 aromatic rings. The highest BCUT2D eigenvalue weighted by Crippen LogP contribution is 2.35. The lowest BCUT2D eigenvalue weighted by Gasteiger charge is -2.42. The number of ketones is 1. The number of carbonyl (C=O) groups is 1. The SMILES string of the molecule is CC1(C(=O)C2CCC2)CNC1. The van der Waals surface area contributed by atoms with Crippen molar-refractivity contribution in [1.29, 1.82) is 0 Å². The third-order valence-corrected chi connectivity index (χ3v) is 3.10. The Kier molecular flexibility index (Phi) is 1.53. The van der Waals surface area contributed by atoms with Crippen LogP contribution in [0.3, 0.4) is 0 Å². The van der Waals surface area contributed by atoms with Gasteiger partial charge in [0.15, 0.2) is 0 Å². The van der Waals surface area contributed by atoms with Crippen molar-refractivity contribution in [3.8, 4) is 0 Å². The molecule has 2 aliphatic rings. The van der Waals surface area contributed by atoms with Gasteiger partial charge in [-0.3, -0.25) is 4.79 Å². The van der Waals surface area contributed by atoms with Gasteiger partial charge in [0.1, 0.15) is 5.78 Å². The van der Waals surface area contributed by atoms with Crippen LogP contribution in [0.4, 0.5) is 0 Å². The first kappa shape index (κ1) is 7.29. The van der Waals surface area contributed by atoms with Crippen molar-refractivity contribution in [2.24, 2.45) is 11.3 Å². The van der Waals surface area contributed by atoms with Crippen LogP contribution in [0, 0.1) is 11.3 Å². The van der Waals surface area contributed by atoms with Crippen LogP contribution in [0.5, 0.6) is 0 Å². The number of rotatable bonds is 2. The molecule has 2 fully saturated rings. The lowest BCUT2D eigenvalue weighted by molar-refractivity contribution is -0.137. The second-order valence-electron chi connectivity index (χ2n) is 4.16. The van der Waals surface area contributed by atoms with E-state index in [4.69, 9.17) is 0 Å². The average Bonchev–Trinajstić information content (AvgIpc) is 1.78. The molecule has 0 radical (unpaired) electrons. The van der Waals surface area contributed by atoms with E-state index >= 15 is 0 Å². The zero-order valence-electron chi connectivity index (χ0n) is 7.02. The van der Waals surface area contributed by atoms with Crippen LogP contribution in [0.15, 0.2) is 0 Å². The maximum absolute atomic E-state index is 11.7. The predicted molar refractivity (Wildman–Crippen MR) is 43.3 cm³/mol. The van der Waals surface area contributed by atoms with Crippen LogP contribution in [0.1, 0.15) is 26.2 Å². The minimum absolute atomic E-state index is 0.00505. The minimum Gasteiger partial charge on any atom is -0.315 e. The van der Waals surface area contributed by atoms with E-state index in [2.05, 4.69) is 12.2 Å². The molecule has 0 aromatic heterocycles. The molecule has 0 spiro atoms. The number of hydrogen-bond donors (Lipinski definition) is 1. The monoisotopic (exact) mass is 153 g/mol. The molecule has 0 bridgehead atoms. The topological polar surface area (TPSA) is 29.1 Å². The van der Waals surface area contributed by atoms with Crippen molar-refractivity contribution in [2.75, 3.05) is 13.1 Å². The van der Waals surface area contributed by atoms with Gasteiger partial charge in [0, 0.05) is 19.0 Å². The molecule has 2 nitrogen and oxygen atoms in total. The van der Waals surface area contributed by atoms with Crippen LogP contribution in [0.2, 0.25) is 0 Å². The fourth-order valence-electron chi connectivity index (χ4n) is 1.84. The molecule has 0 atom stereocenters. The fourth-order valence-corrected chi connectivity index (χ4v) is 1.84. The summed E-state index contributed by atoms with van der Waals surface area (Å²) in [5, 5.41) is 3.16. The first-order valence-corrected chi connectivity index (χ1v) is 4.47. The second-order valence-corrected chi connectivity index (χ2v) is 4.16. The van der Waals surface area contributed by atoms with Gasteiger partial charge in [-0.2, -0.15) is 0 Å². The third-order valence-electron chi connectivity index (χ3n) is 3.10. The van der Waals surface area contributed by atoms with Gasteiger partial charge in [-0.15, -0.1) is 0 Å². The fraction of sp³-hybridized carbons (Fsp3) is 0.889. The summed E-state index contributed by atoms with van der Waals surface area (Å²) in [5.74, 6) is 0.935. The van der Waals surface area contributed by atoms with Crippen molar-refractivity contribution in [2.45, 2.75) is 26.2 Å². The van der Waals surface area contributed by atoms with Crippen LogP contribution >= 0.6 is 0 Å². The largest absolute Gasteiger partial charge is 0.315 e. The molecule has 1 aliphatic carbocycles. The van der Waals surface area contributed by atoms with E-state index in [9.17, 15) is 4.79 Å². The first-order chi connectivity index (χ1) is 5.22. The van der Waals surface area contributed by atoms with Crippen LogP contribution in [-0.2, 0) is 4.79 Å². The summed E-state index contributed by atoms with van der Waals surface area (Å²) in [5.41, 5.74) is 0.00505. The van der Waals surface area contributed by atoms with Gasteiger partial charge in [0.05, 0.1) is 5.41 Å². The van der Waals surface area contributed by atoms with Crippen LogP contribution in [-0.4, -0.2) is 18.9 Å². The Morgan fingerprint density at radius 2 is 2.09 bits per heavy atom. The molecule has 1 saturated carbocycles. The lowest BCUT2D eigenvalue weighted by atomic mass is 9.69. The summed E-state index contributed by atoms with van der Waals surface area (Å²) in [7, 11) is 0. The number of nitrogens with one attached hydrogen (secondary N) is 1. The number of hydrogen-bond acceptors (Lipinski definition) is 2. The molecule has 62 valence electrons. The second kappa shape index (κ2) is 2.31. The Bertz CT molecular complexity index is 180. The molecule has 1 N–H and O–H groups in total. The molecule has 0 amide bonds. The van der Waals surface area contributed by atoms with Gasteiger partial charge < -0.3 is 5.32 Å². The maximum atomic E-state index is 11.7. The van der Waals surface area contributed by atoms with E-state index in [1.165, 1.54) is 6.42 Å². The van der Waals surface area contributed by atoms with Crippen molar-refractivity contribution in [3.63, 3.8) is 0 Å². The van der Waals surface area contributed by atoms with Crippen LogP contribution < -0.4 is 5.32 Å². The molecular weight excluding hydrogens is 138 g/mol. The molecule has 1 aliphatic heterocycles. The highest BCUT2D eigenvalue weighted by molar-refractivity contribution is 5.88. The average molecular weight is 153 g/mol.